The van der Waals surface area contributed by atoms with Crippen LogP contribution in [0.1, 0.15) is 31.9 Å². The van der Waals surface area contributed by atoms with E-state index in [1.165, 1.54) is 0 Å². The van der Waals surface area contributed by atoms with Crippen molar-refractivity contribution in [1.29, 1.82) is 0 Å². The van der Waals surface area contributed by atoms with Crippen LogP contribution in [0.4, 0.5) is 0 Å². The van der Waals surface area contributed by atoms with Gasteiger partial charge in [-0.25, -0.2) is 0 Å². The zero-order chi connectivity index (χ0) is 14.3. The summed E-state index contributed by atoms with van der Waals surface area (Å²) in [6.45, 7) is 4.98. The van der Waals surface area contributed by atoms with Crippen LogP contribution in [0.5, 0.6) is 11.5 Å². The lowest BCUT2D eigenvalue weighted by atomic mass is 10.1. The van der Waals surface area contributed by atoms with E-state index in [0.29, 0.717) is 12.6 Å². The number of hydrogen-bond acceptors (Lipinski definition) is 4. The third-order valence-electron chi connectivity index (χ3n) is 3.25. The first-order valence-electron chi connectivity index (χ1n) is 6.63. The van der Waals surface area contributed by atoms with E-state index in [1.807, 2.05) is 18.2 Å². The molecule has 2 atom stereocenters. The van der Waals surface area contributed by atoms with Crippen LogP contribution >= 0.6 is 0 Å². The fourth-order valence-corrected chi connectivity index (χ4v) is 2.10. The lowest BCUT2D eigenvalue weighted by Crippen LogP contribution is -2.34. The first kappa shape index (κ1) is 15.8. The van der Waals surface area contributed by atoms with Gasteiger partial charge in [0.2, 0.25) is 0 Å². The molecule has 0 aliphatic carbocycles. The van der Waals surface area contributed by atoms with E-state index in [0.717, 1.165) is 23.5 Å². The minimum absolute atomic E-state index is 0.195. The third-order valence-corrected chi connectivity index (χ3v) is 3.25. The van der Waals surface area contributed by atoms with E-state index >= 15 is 0 Å². The van der Waals surface area contributed by atoms with Crippen molar-refractivity contribution < 1.29 is 14.2 Å². The second-order valence-electron chi connectivity index (χ2n) is 4.56. The van der Waals surface area contributed by atoms with Crippen LogP contribution in [0, 0.1) is 0 Å². The first-order chi connectivity index (χ1) is 9.15. The maximum Gasteiger partial charge on any atom is 0.127 e. The molecule has 0 heterocycles. The summed E-state index contributed by atoms with van der Waals surface area (Å²) in [4.78, 5) is 0. The predicted octanol–water partition coefficient (Wildman–Crippen LogP) is 2.78. The number of ether oxygens (including phenoxy) is 3. The summed E-state index contributed by atoms with van der Waals surface area (Å²) in [5.74, 6) is 1.64. The quantitative estimate of drug-likeness (QED) is 0.786. The Kier molecular flexibility index (Phi) is 6.67. The van der Waals surface area contributed by atoms with Crippen LogP contribution in [0.2, 0.25) is 0 Å². The molecule has 1 rings (SSSR count). The molecular formula is C15H25NO3. The standard InChI is InChI=1S/C15H25NO3/c1-6-12(10-17-3)16-11(2)14-8-7-13(18-4)9-15(14)19-5/h7-9,11-12,16H,6,10H2,1-5H3. The van der Waals surface area contributed by atoms with Gasteiger partial charge < -0.3 is 19.5 Å². The highest BCUT2D eigenvalue weighted by molar-refractivity contribution is 5.42. The summed E-state index contributed by atoms with van der Waals surface area (Å²) < 4.78 is 15.9. The molecular weight excluding hydrogens is 242 g/mol. The zero-order valence-electron chi connectivity index (χ0n) is 12.5. The Morgan fingerprint density at radius 2 is 1.89 bits per heavy atom. The molecule has 0 fully saturated rings. The second-order valence-corrected chi connectivity index (χ2v) is 4.56. The molecule has 1 N–H and O–H groups in total. The molecule has 0 saturated heterocycles. The molecule has 0 aromatic heterocycles. The lowest BCUT2D eigenvalue weighted by molar-refractivity contribution is 0.159. The highest BCUT2D eigenvalue weighted by atomic mass is 16.5. The molecule has 4 heteroatoms. The molecule has 0 aliphatic rings. The third kappa shape index (κ3) is 4.40. The normalized spacial score (nSPS) is 13.9. The summed E-state index contributed by atoms with van der Waals surface area (Å²) in [6, 6.07) is 6.43. The zero-order valence-corrected chi connectivity index (χ0v) is 12.5. The first-order valence-corrected chi connectivity index (χ1v) is 6.63. The van der Waals surface area contributed by atoms with E-state index in [-0.39, 0.29) is 6.04 Å². The van der Waals surface area contributed by atoms with Gasteiger partial charge >= 0.3 is 0 Å². The maximum absolute atomic E-state index is 5.43. The van der Waals surface area contributed by atoms with Crippen LogP contribution in [-0.2, 0) is 4.74 Å². The fraction of sp³-hybridized carbons (Fsp3) is 0.600. The van der Waals surface area contributed by atoms with Gasteiger partial charge in [-0.2, -0.15) is 0 Å². The Labute approximate surface area is 116 Å². The Morgan fingerprint density at radius 1 is 1.16 bits per heavy atom. The minimum Gasteiger partial charge on any atom is -0.497 e. The van der Waals surface area contributed by atoms with Crippen molar-refractivity contribution in [3.8, 4) is 11.5 Å². The average Bonchev–Trinajstić information content (AvgIpc) is 2.45. The van der Waals surface area contributed by atoms with Crippen LogP contribution < -0.4 is 14.8 Å². The van der Waals surface area contributed by atoms with Gasteiger partial charge in [-0.05, 0) is 19.4 Å². The van der Waals surface area contributed by atoms with Gasteiger partial charge in [0.25, 0.3) is 0 Å². The Morgan fingerprint density at radius 3 is 2.42 bits per heavy atom. The van der Waals surface area contributed by atoms with E-state index in [9.17, 15) is 0 Å². The molecule has 0 spiro atoms. The van der Waals surface area contributed by atoms with Crippen molar-refractivity contribution in [2.75, 3.05) is 27.9 Å². The molecule has 0 radical (unpaired) electrons. The van der Waals surface area contributed by atoms with Crippen molar-refractivity contribution in [2.45, 2.75) is 32.4 Å². The van der Waals surface area contributed by atoms with Gasteiger partial charge in [-0.15, -0.1) is 0 Å². The van der Waals surface area contributed by atoms with Gasteiger partial charge in [0.15, 0.2) is 0 Å². The number of methoxy groups -OCH3 is 3. The SMILES string of the molecule is CCC(COC)NC(C)c1ccc(OC)cc1OC. The van der Waals surface area contributed by atoms with E-state index in [1.54, 1.807) is 21.3 Å². The smallest absolute Gasteiger partial charge is 0.127 e. The van der Waals surface area contributed by atoms with Gasteiger partial charge in [0, 0.05) is 30.8 Å². The summed E-state index contributed by atoms with van der Waals surface area (Å²) in [6.07, 6.45) is 1.02. The van der Waals surface area contributed by atoms with Crippen LogP contribution in [0.3, 0.4) is 0 Å². The summed E-state index contributed by atoms with van der Waals surface area (Å²) in [5, 5.41) is 3.55. The van der Waals surface area contributed by atoms with Gasteiger partial charge in [0.1, 0.15) is 11.5 Å². The largest absolute Gasteiger partial charge is 0.497 e. The molecule has 1 aromatic carbocycles. The summed E-state index contributed by atoms with van der Waals surface area (Å²) in [7, 11) is 5.06. The minimum atomic E-state index is 0.195. The topological polar surface area (TPSA) is 39.7 Å². The maximum atomic E-state index is 5.43. The highest BCUT2D eigenvalue weighted by Gasteiger charge is 2.15. The molecule has 4 nitrogen and oxygen atoms in total. The molecule has 0 saturated carbocycles. The summed E-state index contributed by atoms with van der Waals surface area (Å²) in [5.41, 5.74) is 1.12. The molecule has 2 unspecified atom stereocenters. The molecule has 19 heavy (non-hydrogen) atoms. The molecule has 108 valence electrons. The van der Waals surface area contributed by atoms with E-state index < -0.39 is 0 Å². The number of nitrogens with one attached hydrogen (secondary N) is 1. The van der Waals surface area contributed by atoms with Gasteiger partial charge in [-0.1, -0.05) is 13.0 Å². The number of hydrogen-bond donors (Lipinski definition) is 1. The lowest BCUT2D eigenvalue weighted by Gasteiger charge is -2.23. The highest BCUT2D eigenvalue weighted by Crippen LogP contribution is 2.29. The molecule has 1 aromatic rings. The number of benzene rings is 1. The average molecular weight is 267 g/mol. The second kappa shape index (κ2) is 8.02. The molecule has 0 bridgehead atoms. The van der Waals surface area contributed by atoms with Crippen molar-refractivity contribution >= 4 is 0 Å². The van der Waals surface area contributed by atoms with Gasteiger partial charge in [0.05, 0.1) is 20.8 Å². The Balaban J connectivity index is 2.83. The molecule has 0 amide bonds. The van der Waals surface area contributed by atoms with Crippen molar-refractivity contribution in [1.82, 2.24) is 5.32 Å². The fourth-order valence-electron chi connectivity index (χ4n) is 2.10. The number of rotatable bonds is 8. The van der Waals surface area contributed by atoms with Crippen LogP contribution in [-0.4, -0.2) is 34.0 Å². The Bertz CT molecular complexity index is 382. The predicted molar refractivity (Wildman–Crippen MR) is 77.1 cm³/mol. The Hall–Kier alpha value is -1.26. The van der Waals surface area contributed by atoms with E-state index in [4.69, 9.17) is 14.2 Å². The van der Waals surface area contributed by atoms with Gasteiger partial charge in [-0.3, -0.25) is 0 Å². The monoisotopic (exact) mass is 267 g/mol. The van der Waals surface area contributed by atoms with Crippen LogP contribution in [0.15, 0.2) is 18.2 Å². The van der Waals surface area contributed by atoms with Crippen molar-refractivity contribution in [3.63, 3.8) is 0 Å². The van der Waals surface area contributed by atoms with Crippen molar-refractivity contribution in [2.24, 2.45) is 0 Å². The van der Waals surface area contributed by atoms with Crippen molar-refractivity contribution in [3.05, 3.63) is 23.8 Å². The molecule has 0 aliphatic heterocycles. The van der Waals surface area contributed by atoms with E-state index in [2.05, 4.69) is 19.2 Å². The summed E-state index contributed by atoms with van der Waals surface area (Å²) >= 11 is 0. The van der Waals surface area contributed by atoms with Crippen LogP contribution in [0.25, 0.3) is 0 Å².